The summed E-state index contributed by atoms with van der Waals surface area (Å²) in [6.45, 7) is 1.22. The van der Waals surface area contributed by atoms with Gasteiger partial charge < -0.3 is 15.4 Å². The molecule has 0 atom stereocenters. The zero-order valence-corrected chi connectivity index (χ0v) is 13.1. The minimum atomic E-state index is -0.0608. The third-order valence-electron chi connectivity index (χ3n) is 3.55. The molecule has 116 valence electrons. The number of amides is 1. The summed E-state index contributed by atoms with van der Waals surface area (Å²) < 4.78 is 5.12. The van der Waals surface area contributed by atoms with Crippen molar-refractivity contribution in [3.63, 3.8) is 0 Å². The van der Waals surface area contributed by atoms with Gasteiger partial charge in [0.05, 0.1) is 13.2 Å². The quantitative estimate of drug-likeness (QED) is 0.891. The molecule has 0 aliphatic heterocycles. The Balaban J connectivity index is 2.15. The highest BCUT2D eigenvalue weighted by Crippen LogP contribution is 2.21. The van der Waals surface area contributed by atoms with Crippen LogP contribution in [0.5, 0.6) is 0 Å². The molecule has 22 heavy (non-hydrogen) atoms. The number of likely N-dealkylation sites (N-methyl/N-ethyl adjacent to an activating group) is 1. The average Bonchev–Trinajstić information content (AvgIpc) is 2.55. The maximum absolute atomic E-state index is 11.6. The third-order valence-corrected chi connectivity index (χ3v) is 3.55. The highest BCUT2D eigenvalue weighted by molar-refractivity contribution is 5.77. The lowest BCUT2D eigenvalue weighted by Crippen LogP contribution is -2.32. The van der Waals surface area contributed by atoms with Crippen molar-refractivity contribution in [3.8, 4) is 11.1 Å². The van der Waals surface area contributed by atoms with Gasteiger partial charge in [-0.25, -0.2) is 0 Å². The van der Waals surface area contributed by atoms with E-state index in [2.05, 4.69) is 36.4 Å². The smallest absolute Gasteiger partial charge is 0.236 e. The van der Waals surface area contributed by atoms with E-state index in [9.17, 15) is 4.79 Å². The summed E-state index contributed by atoms with van der Waals surface area (Å²) in [6.07, 6.45) is 0. The average molecular weight is 298 g/mol. The van der Waals surface area contributed by atoms with Crippen LogP contribution in [0.2, 0.25) is 0 Å². The number of benzene rings is 2. The molecule has 2 aromatic carbocycles. The van der Waals surface area contributed by atoms with Gasteiger partial charge in [0, 0.05) is 20.7 Å². The number of carbonyl (C=O) groups excluding carboxylic acids is 1. The lowest BCUT2D eigenvalue weighted by Gasteiger charge is -2.16. The van der Waals surface area contributed by atoms with Crippen LogP contribution in [0.15, 0.2) is 48.5 Å². The zero-order valence-electron chi connectivity index (χ0n) is 13.1. The van der Waals surface area contributed by atoms with E-state index in [-0.39, 0.29) is 12.5 Å². The molecule has 0 aliphatic carbocycles. The highest BCUT2D eigenvalue weighted by atomic mass is 16.5. The molecule has 0 saturated carbocycles. The van der Waals surface area contributed by atoms with Crippen LogP contribution in [0.25, 0.3) is 11.1 Å². The number of hydrogen-bond acceptors (Lipinski definition) is 3. The molecule has 0 fully saturated rings. The van der Waals surface area contributed by atoms with E-state index in [1.54, 1.807) is 19.1 Å². The lowest BCUT2D eigenvalue weighted by molar-refractivity contribution is -0.128. The Morgan fingerprint density at radius 1 is 1.09 bits per heavy atom. The van der Waals surface area contributed by atoms with Crippen molar-refractivity contribution in [2.24, 2.45) is 5.73 Å². The van der Waals surface area contributed by atoms with Crippen LogP contribution >= 0.6 is 0 Å². The number of carbonyl (C=O) groups is 1. The van der Waals surface area contributed by atoms with Crippen molar-refractivity contribution < 1.29 is 9.53 Å². The number of nitrogens with two attached hydrogens (primary N) is 1. The maximum atomic E-state index is 11.6. The Morgan fingerprint density at radius 3 is 2.45 bits per heavy atom. The Morgan fingerprint density at radius 2 is 1.82 bits per heavy atom. The highest BCUT2D eigenvalue weighted by Gasteiger charge is 2.07. The van der Waals surface area contributed by atoms with E-state index in [1.807, 2.05) is 12.1 Å². The minimum Gasteiger partial charge on any atom is -0.380 e. The lowest BCUT2D eigenvalue weighted by atomic mass is 10.0. The Hall–Kier alpha value is -2.17. The molecule has 0 unspecified atom stereocenters. The van der Waals surface area contributed by atoms with Gasteiger partial charge in [-0.1, -0.05) is 42.5 Å². The molecule has 4 heteroatoms. The van der Waals surface area contributed by atoms with Crippen molar-refractivity contribution in [2.45, 2.75) is 13.2 Å². The fraction of sp³-hybridized carbons (Fsp3) is 0.278. The van der Waals surface area contributed by atoms with Gasteiger partial charge in [-0.05, 0) is 28.3 Å². The SMILES string of the molecule is COCc1ccc(-c2cccc(CN(C)C(=O)CN)c2)cc1. The molecular formula is C18H22N2O2. The molecule has 1 amide bonds. The van der Waals surface area contributed by atoms with Crippen LogP contribution in [0, 0.1) is 0 Å². The standard InChI is InChI=1S/C18H22N2O2/c1-20(18(21)11-19)12-15-4-3-5-17(10-15)16-8-6-14(7-9-16)13-22-2/h3-10H,11-13,19H2,1-2H3. The molecule has 4 nitrogen and oxygen atoms in total. The fourth-order valence-corrected chi connectivity index (χ4v) is 2.33. The Bertz CT molecular complexity index is 623. The predicted molar refractivity (Wildman–Crippen MR) is 88.1 cm³/mol. The van der Waals surface area contributed by atoms with Crippen LogP contribution < -0.4 is 5.73 Å². The number of nitrogens with zero attached hydrogens (tertiary/aromatic N) is 1. The number of rotatable bonds is 6. The normalized spacial score (nSPS) is 10.5. The molecule has 0 aliphatic rings. The van der Waals surface area contributed by atoms with Crippen LogP contribution in [0.4, 0.5) is 0 Å². The van der Waals surface area contributed by atoms with Gasteiger partial charge in [0.15, 0.2) is 0 Å². The number of ether oxygens (including phenoxy) is 1. The fourth-order valence-electron chi connectivity index (χ4n) is 2.33. The topological polar surface area (TPSA) is 55.6 Å². The van der Waals surface area contributed by atoms with Crippen molar-refractivity contribution in [3.05, 3.63) is 59.7 Å². The first-order chi connectivity index (χ1) is 10.6. The second-order valence-corrected chi connectivity index (χ2v) is 5.28. The molecule has 0 radical (unpaired) electrons. The van der Waals surface area contributed by atoms with Gasteiger partial charge in [0.25, 0.3) is 0 Å². The summed E-state index contributed by atoms with van der Waals surface area (Å²) in [6, 6.07) is 16.5. The maximum Gasteiger partial charge on any atom is 0.236 e. The summed E-state index contributed by atoms with van der Waals surface area (Å²) in [7, 11) is 3.46. The molecule has 0 bridgehead atoms. The Kier molecular flexibility index (Phi) is 5.69. The van der Waals surface area contributed by atoms with E-state index < -0.39 is 0 Å². The van der Waals surface area contributed by atoms with Gasteiger partial charge in [-0.3, -0.25) is 4.79 Å². The van der Waals surface area contributed by atoms with Crippen LogP contribution in [-0.4, -0.2) is 31.5 Å². The minimum absolute atomic E-state index is 0.0388. The van der Waals surface area contributed by atoms with Gasteiger partial charge in [-0.15, -0.1) is 0 Å². The molecule has 2 N–H and O–H groups in total. The summed E-state index contributed by atoms with van der Waals surface area (Å²) in [5.41, 5.74) is 9.90. The third kappa shape index (κ3) is 4.16. The first-order valence-corrected chi connectivity index (χ1v) is 7.25. The molecule has 0 spiro atoms. The van der Waals surface area contributed by atoms with E-state index in [1.165, 1.54) is 0 Å². The first kappa shape index (κ1) is 16.2. The summed E-state index contributed by atoms with van der Waals surface area (Å²) >= 11 is 0. The van der Waals surface area contributed by atoms with Crippen molar-refractivity contribution >= 4 is 5.91 Å². The molecule has 2 aromatic rings. The molecule has 0 aromatic heterocycles. The molecule has 0 heterocycles. The van der Waals surface area contributed by atoms with Crippen LogP contribution in [-0.2, 0) is 22.7 Å². The predicted octanol–water partition coefficient (Wildman–Crippen LogP) is 2.42. The second-order valence-electron chi connectivity index (χ2n) is 5.28. The van der Waals surface area contributed by atoms with Crippen molar-refractivity contribution in [1.82, 2.24) is 4.90 Å². The van der Waals surface area contributed by atoms with Gasteiger partial charge >= 0.3 is 0 Å². The molecule has 0 saturated heterocycles. The van der Waals surface area contributed by atoms with Gasteiger partial charge in [0.1, 0.15) is 0 Å². The Labute approximate surface area is 131 Å². The van der Waals surface area contributed by atoms with E-state index in [4.69, 9.17) is 10.5 Å². The second kappa shape index (κ2) is 7.73. The van der Waals surface area contributed by atoms with Gasteiger partial charge in [-0.2, -0.15) is 0 Å². The summed E-state index contributed by atoms with van der Waals surface area (Å²) in [5, 5.41) is 0. The van der Waals surface area contributed by atoms with Gasteiger partial charge in [0.2, 0.25) is 5.91 Å². The van der Waals surface area contributed by atoms with Crippen molar-refractivity contribution in [1.29, 1.82) is 0 Å². The molecule has 2 rings (SSSR count). The summed E-state index contributed by atoms with van der Waals surface area (Å²) in [5.74, 6) is -0.0608. The first-order valence-electron chi connectivity index (χ1n) is 7.25. The zero-order chi connectivity index (χ0) is 15.9. The van der Waals surface area contributed by atoms with E-state index in [0.29, 0.717) is 13.2 Å². The number of methoxy groups -OCH3 is 1. The van der Waals surface area contributed by atoms with E-state index in [0.717, 1.165) is 22.3 Å². The van der Waals surface area contributed by atoms with Crippen LogP contribution in [0.3, 0.4) is 0 Å². The monoisotopic (exact) mass is 298 g/mol. The number of hydrogen-bond donors (Lipinski definition) is 1. The van der Waals surface area contributed by atoms with Crippen molar-refractivity contribution in [2.75, 3.05) is 20.7 Å². The largest absolute Gasteiger partial charge is 0.380 e. The summed E-state index contributed by atoms with van der Waals surface area (Å²) in [4.78, 5) is 13.2. The van der Waals surface area contributed by atoms with E-state index >= 15 is 0 Å². The molecular weight excluding hydrogens is 276 g/mol. The van der Waals surface area contributed by atoms with Crippen LogP contribution in [0.1, 0.15) is 11.1 Å².